The molecule has 0 radical (unpaired) electrons. The first-order valence-corrected chi connectivity index (χ1v) is 12.7. The van der Waals surface area contributed by atoms with E-state index in [9.17, 15) is 18.0 Å². The van der Waals surface area contributed by atoms with Crippen molar-refractivity contribution in [2.24, 2.45) is 0 Å². The van der Waals surface area contributed by atoms with E-state index in [1.165, 1.54) is 29.6 Å². The predicted octanol–water partition coefficient (Wildman–Crippen LogP) is 2.75. The molecular formula is C24H32N4O5S. The molecule has 1 aliphatic heterocycles. The summed E-state index contributed by atoms with van der Waals surface area (Å²) in [5, 5.41) is 3.02. The second-order valence-electron chi connectivity index (χ2n) is 8.36. The lowest BCUT2D eigenvalue weighted by Crippen LogP contribution is -2.44. The zero-order chi connectivity index (χ0) is 24.7. The summed E-state index contributed by atoms with van der Waals surface area (Å²) in [6.45, 7) is 4.76. The Bertz CT molecular complexity index is 1140. The van der Waals surface area contributed by atoms with Crippen LogP contribution in [0.5, 0.6) is 5.75 Å². The smallest absolute Gasteiger partial charge is 0.269 e. The van der Waals surface area contributed by atoms with Gasteiger partial charge >= 0.3 is 0 Å². The molecule has 1 aliphatic rings. The molecule has 1 heterocycles. The summed E-state index contributed by atoms with van der Waals surface area (Å²) in [6, 6.07) is 10.0. The molecule has 1 fully saturated rings. The maximum absolute atomic E-state index is 13.3. The summed E-state index contributed by atoms with van der Waals surface area (Å²) < 4.78 is 33.2. The number of benzene rings is 2. The number of rotatable bonds is 7. The molecule has 0 aliphatic carbocycles. The van der Waals surface area contributed by atoms with E-state index in [0.717, 1.165) is 42.5 Å². The van der Waals surface area contributed by atoms with Gasteiger partial charge in [0, 0.05) is 24.3 Å². The minimum atomic E-state index is -3.83. The molecule has 0 spiro atoms. The van der Waals surface area contributed by atoms with Crippen LogP contribution in [0.3, 0.4) is 0 Å². The Kier molecular flexibility index (Phi) is 8.51. The number of carbonyl (C=O) groups is 2. The van der Waals surface area contributed by atoms with Gasteiger partial charge in [0.15, 0.2) is 0 Å². The molecule has 2 aromatic rings. The second kappa shape index (κ2) is 11.3. The van der Waals surface area contributed by atoms with E-state index in [-0.39, 0.29) is 22.8 Å². The first-order chi connectivity index (χ1) is 16.2. The maximum Gasteiger partial charge on any atom is 0.269 e. The Labute approximate surface area is 200 Å². The van der Waals surface area contributed by atoms with Crippen LogP contribution >= 0.6 is 0 Å². The van der Waals surface area contributed by atoms with Crippen LogP contribution < -0.4 is 20.9 Å². The third-order valence-electron chi connectivity index (χ3n) is 5.75. The zero-order valence-electron chi connectivity index (χ0n) is 19.8. The first kappa shape index (κ1) is 25.5. The summed E-state index contributed by atoms with van der Waals surface area (Å²) in [6.07, 6.45) is 3.57. The molecule has 0 aromatic heterocycles. The summed E-state index contributed by atoms with van der Waals surface area (Å²) in [4.78, 5) is 24.8. The van der Waals surface area contributed by atoms with E-state index >= 15 is 0 Å². The van der Waals surface area contributed by atoms with Gasteiger partial charge in [-0.05, 0) is 56.5 Å². The molecule has 3 N–H and O–H groups in total. The lowest BCUT2D eigenvalue weighted by molar-refractivity contribution is -0.120. The van der Waals surface area contributed by atoms with Gasteiger partial charge in [-0.15, -0.1) is 0 Å². The van der Waals surface area contributed by atoms with Gasteiger partial charge in [-0.25, -0.2) is 8.42 Å². The van der Waals surface area contributed by atoms with E-state index in [0.29, 0.717) is 13.1 Å². The number of carbonyl (C=O) groups excluding carboxylic acids is 2. The van der Waals surface area contributed by atoms with Crippen molar-refractivity contribution in [3.8, 4) is 5.75 Å². The number of sulfonamides is 1. The Hall–Kier alpha value is -3.11. The largest absolute Gasteiger partial charge is 0.495 e. The molecular weight excluding hydrogens is 456 g/mol. The fourth-order valence-corrected chi connectivity index (χ4v) is 5.57. The topological polar surface area (TPSA) is 117 Å². The molecule has 2 amide bonds. The van der Waals surface area contributed by atoms with Crippen LogP contribution in [0.15, 0.2) is 41.3 Å². The van der Waals surface area contributed by atoms with Gasteiger partial charge < -0.3 is 10.1 Å². The van der Waals surface area contributed by atoms with Gasteiger partial charge in [0.2, 0.25) is 10.0 Å². The van der Waals surface area contributed by atoms with Crippen molar-refractivity contribution in [1.82, 2.24) is 15.2 Å². The number of aryl methyl sites for hydroxylation is 2. The lowest BCUT2D eigenvalue weighted by Gasteiger charge is -2.21. The van der Waals surface area contributed by atoms with Gasteiger partial charge in [0.05, 0.1) is 13.7 Å². The van der Waals surface area contributed by atoms with Crippen LogP contribution in [-0.4, -0.2) is 51.3 Å². The molecule has 1 saturated heterocycles. The van der Waals surface area contributed by atoms with Crippen LogP contribution in [0.2, 0.25) is 0 Å². The third-order valence-corrected chi connectivity index (χ3v) is 7.67. The Morgan fingerprint density at radius 3 is 2.32 bits per heavy atom. The fraction of sp³-hybridized carbons (Fsp3) is 0.417. The van der Waals surface area contributed by atoms with Crippen LogP contribution in [0.4, 0.5) is 5.69 Å². The van der Waals surface area contributed by atoms with Gasteiger partial charge in [0.25, 0.3) is 11.8 Å². The quantitative estimate of drug-likeness (QED) is 0.516. The fourth-order valence-electron chi connectivity index (χ4n) is 3.87. The minimum absolute atomic E-state index is 0.0403. The standard InChI is InChI=1S/C24H32N4O5S/c1-17-8-10-20(18(2)14-17)25-16-23(29)26-27-24(30)19-9-11-21(33-3)22(15-19)34(31,32)28-12-6-4-5-7-13-28/h8-11,14-15,25H,4-7,12-13,16H2,1-3H3,(H,26,29)(H,27,30). The number of nitrogens with one attached hydrogen (secondary N) is 3. The second-order valence-corrected chi connectivity index (χ2v) is 10.3. The molecule has 0 saturated carbocycles. The number of anilines is 1. The van der Waals surface area contributed by atoms with Crippen molar-refractivity contribution < 1.29 is 22.7 Å². The van der Waals surface area contributed by atoms with Gasteiger partial charge in [-0.1, -0.05) is 30.5 Å². The SMILES string of the molecule is COc1ccc(C(=O)NNC(=O)CNc2ccc(C)cc2C)cc1S(=O)(=O)N1CCCCCC1. The van der Waals surface area contributed by atoms with Crippen LogP contribution in [0.25, 0.3) is 0 Å². The maximum atomic E-state index is 13.3. The molecule has 3 rings (SSSR count). The average Bonchev–Trinajstić information content (AvgIpc) is 3.12. The van der Waals surface area contributed by atoms with E-state index in [2.05, 4.69) is 16.2 Å². The Balaban J connectivity index is 1.66. The summed E-state index contributed by atoms with van der Waals surface area (Å²) in [7, 11) is -2.44. The minimum Gasteiger partial charge on any atom is -0.495 e. The molecule has 0 bridgehead atoms. The van der Waals surface area contributed by atoms with E-state index < -0.39 is 21.8 Å². The first-order valence-electron chi connectivity index (χ1n) is 11.3. The molecule has 9 nitrogen and oxygen atoms in total. The molecule has 34 heavy (non-hydrogen) atoms. The lowest BCUT2D eigenvalue weighted by atomic mass is 10.1. The van der Waals surface area contributed by atoms with Gasteiger partial charge in [-0.3, -0.25) is 20.4 Å². The Morgan fingerprint density at radius 1 is 0.971 bits per heavy atom. The normalized spacial score (nSPS) is 14.7. The number of hydrogen-bond donors (Lipinski definition) is 3. The summed E-state index contributed by atoms with van der Waals surface area (Å²) in [5.41, 5.74) is 7.73. The van der Waals surface area contributed by atoms with Gasteiger partial charge in [0.1, 0.15) is 10.6 Å². The highest BCUT2D eigenvalue weighted by molar-refractivity contribution is 7.89. The highest BCUT2D eigenvalue weighted by Gasteiger charge is 2.29. The van der Waals surface area contributed by atoms with Crippen LogP contribution in [0, 0.1) is 13.8 Å². The van der Waals surface area contributed by atoms with Crippen LogP contribution in [-0.2, 0) is 14.8 Å². The average molecular weight is 489 g/mol. The zero-order valence-corrected chi connectivity index (χ0v) is 20.6. The Morgan fingerprint density at radius 2 is 1.68 bits per heavy atom. The number of hydrogen-bond acceptors (Lipinski definition) is 6. The highest BCUT2D eigenvalue weighted by atomic mass is 32.2. The third kappa shape index (κ3) is 6.27. The van der Waals surface area contributed by atoms with Crippen molar-refractivity contribution in [3.05, 3.63) is 53.1 Å². The van der Waals surface area contributed by atoms with Crippen molar-refractivity contribution >= 4 is 27.5 Å². The van der Waals surface area contributed by atoms with Gasteiger partial charge in [-0.2, -0.15) is 4.31 Å². The molecule has 0 atom stereocenters. The molecule has 184 valence electrons. The number of ether oxygens (including phenoxy) is 1. The molecule has 2 aromatic carbocycles. The molecule has 0 unspecified atom stereocenters. The highest BCUT2D eigenvalue weighted by Crippen LogP contribution is 2.29. The monoisotopic (exact) mass is 488 g/mol. The van der Waals surface area contributed by atoms with E-state index in [1.807, 2.05) is 32.0 Å². The van der Waals surface area contributed by atoms with E-state index in [4.69, 9.17) is 4.74 Å². The summed E-state index contributed by atoms with van der Waals surface area (Å²) in [5.74, 6) is -0.906. The van der Waals surface area contributed by atoms with Crippen molar-refractivity contribution in [3.63, 3.8) is 0 Å². The number of amides is 2. The van der Waals surface area contributed by atoms with Crippen LogP contribution in [0.1, 0.15) is 47.2 Å². The number of hydrazine groups is 1. The summed E-state index contributed by atoms with van der Waals surface area (Å²) >= 11 is 0. The molecule has 10 heteroatoms. The predicted molar refractivity (Wildman–Crippen MR) is 130 cm³/mol. The van der Waals surface area contributed by atoms with E-state index in [1.54, 1.807) is 0 Å². The number of nitrogens with zero attached hydrogens (tertiary/aromatic N) is 1. The van der Waals surface area contributed by atoms with Crippen molar-refractivity contribution in [2.75, 3.05) is 32.1 Å². The van der Waals surface area contributed by atoms with Crippen molar-refractivity contribution in [2.45, 2.75) is 44.4 Å². The number of methoxy groups -OCH3 is 1. The van der Waals surface area contributed by atoms with Crippen molar-refractivity contribution in [1.29, 1.82) is 0 Å².